The number of nitrogens with one attached hydrogen (secondary N) is 2. The van der Waals surface area contributed by atoms with Crippen LogP contribution in [0.15, 0.2) is 42.6 Å². The number of urea groups is 1. The molecule has 2 rings (SSSR count). The van der Waals surface area contributed by atoms with Crippen molar-refractivity contribution in [3.05, 3.63) is 53.7 Å². The Balaban J connectivity index is 1.78. The fraction of sp³-hybridized carbons (Fsp3) is 0.294. The average molecular weight is 315 g/mol. The monoisotopic (exact) mass is 315 g/mol. The number of carbonyl (C=O) groups excluding carboxylic acids is 1. The van der Waals surface area contributed by atoms with Crippen molar-refractivity contribution in [1.82, 2.24) is 10.3 Å². The predicted octanol–water partition coefficient (Wildman–Crippen LogP) is 2.74. The van der Waals surface area contributed by atoms with Gasteiger partial charge in [0, 0.05) is 19.7 Å². The molecular weight excluding hydrogens is 294 g/mol. The van der Waals surface area contributed by atoms with Gasteiger partial charge in [-0.2, -0.15) is 0 Å². The Hall–Kier alpha value is -2.60. The zero-order valence-electron chi connectivity index (χ0n) is 13.3. The van der Waals surface area contributed by atoms with Gasteiger partial charge in [-0.1, -0.05) is 29.8 Å². The highest BCUT2D eigenvalue weighted by Crippen LogP contribution is 2.11. The molecule has 1 aromatic carbocycles. The number of benzene rings is 1. The van der Waals surface area contributed by atoms with Crippen LogP contribution in [0.4, 0.5) is 10.5 Å². The van der Waals surface area contributed by atoms with Crippen molar-refractivity contribution in [2.45, 2.75) is 13.5 Å². The van der Waals surface area contributed by atoms with Crippen molar-refractivity contribution >= 4 is 11.7 Å². The first kappa shape index (κ1) is 16.8. The van der Waals surface area contributed by atoms with Gasteiger partial charge in [0.25, 0.3) is 0 Å². The lowest BCUT2D eigenvalue weighted by Crippen LogP contribution is -2.28. The number of aryl methyl sites for hydroxylation is 1. The van der Waals surface area contributed by atoms with Crippen LogP contribution in [-0.4, -0.2) is 31.3 Å². The van der Waals surface area contributed by atoms with E-state index in [9.17, 15) is 4.79 Å². The molecule has 6 heteroatoms. The number of methoxy groups -OCH3 is 1. The highest BCUT2D eigenvalue weighted by molar-refractivity contribution is 5.88. The third kappa shape index (κ3) is 5.96. The Bertz CT molecular complexity index is 629. The molecule has 0 atom stereocenters. The summed E-state index contributed by atoms with van der Waals surface area (Å²) in [5.41, 5.74) is 2.82. The van der Waals surface area contributed by atoms with E-state index in [0.29, 0.717) is 31.3 Å². The average Bonchev–Trinajstić information content (AvgIpc) is 2.55. The third-order valence-corrected chi connectivity index (χ3v) is 3.07. The minimum atomic E-state index is -0.277. The van der Waals surface area contributed by atoms with E-state index in [-0.39, 0.29) is 6.03 Å². The quantitative estimate of drug-likeness (QED) is 0.771. The van der Waals surface area contributed by atoms with Crippen LogP contribution in [0.25, 0.3) is 0 Å². The highest BCUT2D eigenvalue weighted by Gasteiger charge is 2.03. The van der Waals surface area contributed by atoms with E-state index in [1.807, 2.05) is 31.2 Å². The topological polar surface area (TPSA) is 72.5 Å². The normalized spacial score (nSPS) is 10.2. The second-order valence-corrected chi connectivity index (χ2v) is 5.02. The zero-order chi connectivity index (χ0) is 16.5. The first-order chi connectivity index (χ1) is 11.2. The van der Waals surface area contributed by atoms with Gasteiger partial charge in [-0.3, -0.25) is 0 Å². The third-order valence-electron chi connectivity index (χ3n) is 3.07. The van der Waals surface area contributed by atoms with Gasteiger partial charge < -0.3 is 20.1 Å². The minimum Gasteiger partial charge on any atom is -0.475 e. The molecule has 0 saturated carbocycles. The molecule has 0 unspecified atom stereocenters. The van der Waals surface area contributed by atoms with E-state index in [1.54, 1.807) is 25.4 Å². The van der Waals surface area contributed by atoms with Gasteiger partial charge in [0.05, 0.1) is 18.5 Å². The van der Waals surface area contributed by atoms with Crippen molar-refractivity contribution in [2.24, 2.45) is 0 Å². The minimum absolute atomic E-state index is 0.277. The van der Waals surface area contributed by atoms with Gasteiger partial charge in [-0.05, 0) is 18.6 Å². The number of pyridine rings is 1. The van der Waals surface area contributed by atoms with Gasteiger partial charge in [0.1, 0.15) is 6.61 Å². The first-order valence-electron chi connectivity index (χ1n) is 7.35. The van der Waals surface area contributed by atoms with E-state index in [1.165, 1.54) is 0 Å². The number of rotatable bonds is 7. The Morgan fingerprint density at radius 2 is 2.09 bits per heavy atom. The second-order valence-electron chi connectivity index (χ2n) is 5.02. The summed E-state index contributed by atoms with van der Waals surface area (Å²) >= 11 is 0. The van der Waals surface area contributed by atoms with Crippen molar-refractivity contribution in [3.8, 4) is 5.88 Å². The maximum atomic E-state index is 11.9. The highest BCUT2D eigenvalue weighted by atomic mass is 16.5. The Morgan fingerprint density at radius 3 is 2.78 bits per heavy atom. The van der Waals surface area contributed by atoms with Crippen LogP contribution >= 0.6 is 0 Å². The van der Waals surface area contributed by atoms with Gasteiger partial charge in [-0.25, -0.2) is 9.78 Å². The summed E-state index contributed by atoms with van der Waals surface area (Å²) < 4.78 is 10.3. The summed E-state index contributed by atoms with van der Waals surface area (Å²) in [5, 5.41) is 5.53. The number of anilines is 1. The fourth-order valence-electron chi connectivity index (χ4n) is 1.95. The number of hydrogen-bond donors (Lipinski definition) is 2. The maximum absolute atomic E-state index is 11.9. The molecule has 0 aliphatic heterocycles. The van der Waals surface area contributed by atoms with E-state index < -0.39 is 0 Å². The molecule has 0 bridgehead atoms. The van der Waals surface area contributed by atoms with Crippen molar-refractivity contribution in [1.29, 1.82) is 0 Å². The van der Waals surface area contributed by atoms with Crippen LogP contribution in [0.2, 0.25) is 0 Å². The van der Waals surface area contributed by atoms with Gasteiger partial charge in [0.15, 0.2) is 0 Å². The van der Waals surface area contributed by atoms with Crippen LogP contribution < -0.4 is 15.4 Å². The standard InChI is InChI=1S/C17H21N3O3/c1-13-4-3-5-14(10-13)11-19-17(21)20-15-6-7-16(18-12-15)23-9-8-22-2/h3-7,10,12H,8-9,11H2,1-2H3,(H2,19,20,21). The molecule has 0 saturated heterocycles. The van der Waals surface area contributed by atoms with E-state index in [4.69, 9.17) is 9.47 Å². The van der Waals surface area contributed by atoms with Crippen molar-refractivity contribution in [3.63, 3.8) is 0 Å². The summed E-state index contributed by atoms with van der Waals surface area (Å²) in [4.78, 5) is 16.0. The molecule has 0 aliphatic carbocycles. The largest absolute Gasteiger partial charge is 0.475 e. The number of hydrogen-bond acceptors (Lipinski definition) is 4. The Kier molecular flexibility index (Phi) is 6.38. The van der Waals surface area contributed by atoms with Crippen LogP contribution in [-0.2, 0) is 11.3 Å². The number of nitrogens with zero attached hydrogens (tertiary/aromatic N) is 1. The van der Waals surface area contributed by atoms with Crippen LogP contribution in [0.5, 0.6) is 5.88 Å². The predicted molar refractivity (Wildman–Crippen MR) is 88.6 cm³/mol. The number of amides is 2. The molecule has 2 amide bonds. The lowest BCUT2D eigenvalue weighted by atomic mass is 10.1. The summed E-state index contributed by atoms with van der Waals surface area (Å²) in [5.74, 6) is 0.493. The number of aromatic nitrogens is 1. The van der Waals surface area contributed by atoms with E-state index in [2.05, 4.69) is 15.6 Å². The number of carbonyl (C=O) groups is 1. The molecule has 122 valence electrons. The second kappa shape index (κ2) is 8.75. The summed E-state index contributed by atoms with van der Waals surface area (Å²) in [7, 11) is 1.61. The molecule has 0 aliphatic rings. The van der Waals surface area contributed by atoms with Crippen molar-refractivity contribution in [2.75, 3.05) is 25.6 Å². The lowest BCUT2D eigenvalue weighted by Gasteiger charge is -2.09. The molecule has 0 spiro atoms. The summed E-state index contributed by atoms with van der Waals surface area (Å²) in [6, 6.07) is 11.2. The Morgan fingerprint density at radius 1 is 1.22 bits per heavy atom. The van der Waals surface area contributed by atoms with Crippen molar-refractivity contribution < 1.29 is 14.3 Å². The molecule has 0 fully saturated rings. The fourth-order valence-corrected chi connectivity index (χ4v) is 1.95. The molecule has 2 N–H and O–H groups in total. The van der Waals surface area contributed by atoms with Crippen LogP contribution in [0.1, 0.15) is 11.1 Å². The maximum Gasteiger partial charge on any atom is 0.319 e. The van der Waals surface area contributed by atoms with Gasteiger partial charge in [-0.15, -0.1) is 0 Å². The van der Waals surface area contributed by atoms with Crippen LogP contribution in [0, 0.1) is 6.92 Å². The van der Waals surface area contributed by atoms with E-state index in [0.717, 1.165) is 11.1 Å². The van der Waals surface area contributed by atoms with Crippen LogP contribution in [0.3, 0.4) is 0 Å². The molecule has 1 heterocycles. The molecule has 1 aromatic heterocycles. The SMILES string of the molecule is COCCOc1ccc(NC(=O)NCc2cccc(C)c2)cn1. The molecule has 2 aromatic rings. The Labute approximate surface area is 135 Å². The summed E-state index contributed by atoms with van der Waals surface area (Å²) in [6.07, 6.45) is 1.55. The number of ether oxygens (including phenoxy) is 2. The van der Waals surface area contributed by atoms with Gasteiger partial charge in [0.2, 0.25) is 5.88 Å². The summed E-state index contributed by atoms with van der Waals surface area (Å²) in [6.45, 7) is 3.43. The molecule has 0 radical (unpaired) electrons. The smallest absolute Gasteiger partial charge is 0.319 e. The lowest BCUT2D eigenvalue weighted by molar-refractivity contribution is 0.144. The zero-order valence-corrected chi connectivity index (χ0v) is 13.3. The first-order valence-corrected chi connectivity index (χ1v) is 7.35. The molecule has 6 nitrogen and oxygen atoms in total. The van der Waals surface area contributed by atoms with Gasteiger partial charge >= 0.3 is 6.03 Å². The van der Waals surface area contributed by atoms with E-state index >= 15 is 0 Å². The molecular formula is C17H21N3O3. The molecule has 23 heavy (non-hydrogen) atoms.